The summed E-state index contributed by atoms with van der Waals surface area (Å²) < 4.78 is 25.8. The molecule has 0 rings (SSSR count). The van der Waals surface area contributed by atoms with Crippen molar-refractivity contribution >= 4 is 16.4 Å². The van der Waals surface area contributed by atoms with E-state index in [-0.39, 0.29) is 6.29 Å². The Kier molecular flexibility index (Phi) is 6.00. The van der Waals surface area contributed by atoms with E-state index in [0.29, 0.717) is 6.26 Å². The SMILES string of the molecule is CS(=O)(=O)O[C@@H]([C@H](O)[C@@H](O)C=O)[C@H](O)CO. The molecule has 0 heterocycles. The monoisotopic (exact) mass is 258 g/mol. The fourth-order valence-electron chi connectivity index (χ4n) is 0.929. The summed E-state index contributed by atoms with van der Waals surface area (Å²) >= 11 is 0. The van der Waals surface area contributed by atoms with Gasteiger partial charge in [0.05, 0.1) is 12.9 Å². The lowest BCUT2D eigenvalue weighted by molar-refractivity contribution is -0.132. The van der Waals surface area contributed by atoms with E-state index in [9.17, 15) is 18.3 Å². The summed E-state index contributed by atoms with van der Waals surface area (Å²) in [6.07, 6.45) is -6.85. The summed E-state index contributed by atoms with van der Waals surface area (Å²) in [5, 5.41) is 36.0. The molecule has 0 spiro atoms. The van der Waals surface area contributed by atoms with Crippen molar-refractivity contribution in [3.05, 3.63) is 0 Å². The number of hydrogen-bond acceptors (Lipinski definition) is 8. The van der Waals surface area contributed by atoms with Gasteiger partial charge in [0.15, 0.2) is 6.29 Å². The second kappa shape index (κ2) is 6.23. The first-order valence-corrected chi connectivity index (χ1v) is 6.03. The Morgan fingerprint density at radius 3 is 2.12 bits per heavy atom. The smallest absolute Gasteiger partial charge is 0.264 e. The molecule has 0 aliphatic carbocycles. The quantitative estimate of drug-likeness (QED) is 0.273. The largest absolute Gasteiger partial charge is 0.394 e. The first-order valence-electron chi connectivity index (χ1n) is 4.21. The number of hydrogen-bond donors (Lipinski definition) is 4. The van der Waals surface area contributed by atoms with Crippen LogP contribution < -0.4 is 0 Å². The summed E-state index contributed by atoms with van der Waals surface area (Å²) in [7, 11) is -4.02. The molecule has 0 saturated heterocycles. The average Bonchev–Trinajstić information content (AvgIpc) is 2.21. The van der Waals surface area contributed by atoms with Crippen LogP contribution in [0.1, 0.15) is 0 Å². The van der Waals surface area contributed by atoms with Crippen LogP contribution in [-0.2, 0) is 19.1 Å². The highest BCUT2D eigenvalue weighted by molar-refractivity contribution is 7.86. The molecule has 4 atom stereocenters. The van der Waals surface area contributed by atoms with Crippen molar-refractivity contribution in [1.82, 2.24) is 0 Å². The minimum Gasteiger partial charge on any atom is -0.394 e. The van der Waals surface area contributed by atoms with Gasteiger partial charge in [0, 0.05) is 0 Å². The Hall–Kier alpha value is -0.580. The number of aliphatic hydroxyl groups excluding tert-OH is 4. The van der Waals surface area contributed by atoms with Crippen molar-refractivity contribution in [2.24, 2.45) is 0 Å². The van der Waals surface area contributed by atoms with Crippen LogP contribution in [0.15, 0.2) is 0 Å². The van der Waals surface area contributed by atoms with Crippen LogP contribution >= 0.6 is 0 Å². The summed E-state index contributed by atoms with van der Waals surface area (Å²) in [6, 6.07) is 0. The number of carbonyl (C=O) groups excluding carboxylic acids is 1. The molecule has 0 radical (unpaired) electrons. The molecule has 0 unspecified atom stereocenters. The zero-order valence-corrected chi connectivity index (χ0v) is 9.24. The molecule has 0 aliphatic rings. The summed E-state index contributed by atoms with van der Waals surface area (Å²) in [6.45, 7) is -0.900. The van der Waals surface area contributed by atoms with Gasteiger partial charge >= 0.3 is 0 Å². The highest BCUT2D eigenvalue weighted by atomic mass is 32.2. The second-order valence-electron chi connectivity index (χ2n) is 3.13. The van der Waals surface area contributed by atoms with Crippen LogP contribution in [0.2, 0.25) is 0 Å². The summed E-state index contributed by atoms with van der Waals surface area (Å²) in [5.41, 5.74) is 0. The first-order chi connectivity index (χ1) is 7.22. The highest BCUT2D eigenvalue weighted by Gasteiger charge is 2.35. The molecule has 0 saturated carbocycles. The average molecular weight is 258 g/mol. The Morgan fingerprint density at radius 1 is 1.31 bits per heavy atom. The minimum absolute atomic E-state index is 0.0482. The highest BCUT2D eigenvalue weighted by Crippen LogP contribution is 2.11. The van der Waals surface area contributed by atoms with Crippen LogP contribution in [0.3, 0.4) is 0 Å². The van der Waals surface area contributed by atoms with Crippen LogP contribution in [0, 0.1) is 0 Å². The lowest BCUT2D eigenvalue weighted by atomic mass is 10.0. The van der Waals surface area contributed by atoms with Crippen molar-refractivity contribution < 1.29 is 37.8 Å². The van der Waals surface area contributed by atoms with E-state index in [1.807, 2.05) is 0 Å². The third kappa shape index (κ3) is 4.96. The Labute approximate surface area is 92.2 Å². The van der Waals surface area contributed by atoms with Gasteiger partial charge in [-0.3, -0.25) is 4.18 Å². The molecule has 0 aromatic carbocycles. The molecule has 8 nitrogen and oxygen atoms in total. The first kappa shape index (κ1) is 15.4. The van der Waals surface area contributed by atoms with Gasteiger partial charge in [-0.15, -0.1) is 0 Å². The van der Waals surface area contributed by atoms with Gasteiger partial charge in [0.2, 0.25) is 0 Å². The van der Waals surface area contributed by atoms with E-state index in [4.69, 9.17) is 15.3 Å². The van der Waals surface area contributed by atoms with E-state index in [0.717, 1.165) is 0 Å². The number of aliphatic hydroxyl groups is 4. The second-order valence-corrected chi connectivity index (χ2v) is 4.73. The number of rotatable bonds is 7. The number of aldehydes is 1. The van der Waals surface area contributed by atoms with Crippen molar-refractivity contribution in [3.8, 4) is 0 Å². The van der Waals surface area contributed by atoms with Gasteiger partial charge in [-0.05, 0) is 0 Å². The fourth-order valence-corrected chi connectivity index (χ4v) is 1.57. The fraction of sp³-hybridized carbons (Fsp3) is 0.857. The van der Waals surface area contributed by atoms with E-state index in [1.54, 1.807) is 0 Å². The van der Waals surface area contributed by atoms with Gasteiger partial charge in [-0.1, -0.05) is 0 Å². The normalized spacial score (nSPS) is 19.8. The molecule has 0 amide bonds. The third-order valence-corrected chi connectivity index (χ3v) is 2.25. The van der Waals surface area contributed by atoms with Gasteiger partial charge in [-0.2, -0.15) is 8.42 Å². The molecular formula is C7H14O8S. The molecular weight excluding hydrogens is 244 g/mol. The van der Waals surface area contributed by atoms with Crippen molar-refractivity contribution in [2.45, 2.75) is 24.4 Å². The molecule has 0 fully saturated rings. The van der Waals surface area contributed by atoms with Crippen LogP contribution in [0.4, 0.5) is 0 Å². The van der Waals surface area contributed by atoms with E-state index in [1.165, 1.54) is 0 Å². The Balaban J connectivity index is 4.86. The maximum atomic E-state index is 10.8. The zero-order chi connectivity index (χ0) is 12.9. The standard InChI is InChI=1S/C7H14O8S/c1-16(13,14)15-7(5(11)3-9)6(12)4(10)2-8/h2,4-7,9-12H,3H2,1H3/t4-,5+,6+,7+/m0/s1. The van der Waals surface area contributed by atoms with E-state index < -0.39 is 41.1 Å². The molecule has 9 heteroatoms. The number of carbonyl (C=O) groups is 1. The Bertz CT molecular complexity index is 312. The lowest BCUT2D eigenvalue weighted by Gasteiger charge is -2.26. The van der Waals surface area contributed by atoms with Gasteiger partial charge in [-0.25, -0.2) is 0 Å². The summed E-state index contributed by atoms with van der Waals surface area (Å²) in [4.78, 5) is 10.2. The predicted molar refractivity (Wildman–Crippen MR) is 50.9 cm³/mol. The molecule has 0 aromatic rings. The molecule has 96 valence electrons. The predicted octanol–water partition coefficient (Wildman–Crippen LogP) is -3.39. The third-order valence-electron chi connectivity index (χ3n) is 1.68. The molecule has 0 bridgehead atoms. The van der Waals surface area contributed by atoms with E-state index >= 15 is 0 Å². The van der Waals surface area contributed by atoms with Crippen LogP contribution in [0.5, 0.6) is 0 Å². The van der Waals surface area contributed by atoms with Crippen LogP contribution in [-0.4, -0.2) is 72.4 Å². The van der Waals surface area contributed by atoms with Crippen molar-refractivity contribution in [3.63, 3.8) is 0 Å². The van der Waals surface area contributed by atoms with Crippen LogP contribution in [0.25, 0.3) is 0 Å². The van der Waals surface area contributed by atoms with E-state index in [2.05, 4.69) is 4.18 Å². The van der Waals surface area contributed by atoms with Gasteiger partial charge in [0.1, 0.15) is 24.4 Å². The molecule has 0 aliphatic heterocycles. The minimum atomic E-state index is -4.02. The molecule has 4 N–H and O–H groups in total. The van der Waals surface area contributed by atoms with Crippen molar-refractivity contribution in [1.29, 1.82) is 0 Å². The molecule has 16 heavy (non-hydrogen) atoms. The maximum Gasteiger partial charge on any atom is 0.264 e. The lowest BCUT2D eigenvalue weighted by Crippen LogP contribution is -2.48. The topological polar surface area (TPSA) is 141 Å². The Morgan fingerprint density at radius 2 is 1.81 bits per heavy atom. The maximum absolute atomic E-state index is 10.8. The van der Waals surface area contributed by atoms with Gasteiger partial charge in [0.25, 0.3) is 10.1 Å². The summed E-state index contributed by atoms with van der Waals surface area (Å²) in [5.74, 6) is 0. The molecule has 0 aromatic heterocycles. The van der Waals surface area contributed by atoms with Crippen molar-refractivity contribution in [2.75, 3.05) is 12.9 Å². The zero-order valence-electron chi connectivity index (χ0n) is 8.42. The van der Waals surface area contributed by atoms with Gasteiger partial charge < -0.3 is 25.2 Å².